The van der Waals surface area contributed by atoms with Crippen LogP contribution in [0.2, 0.25) is 5.02 Å². The van der Waals surface area contributed by atoms with Gasteiger partial charge in [0.2, 0.25) is 5.91 Å². The SMILES string of the molecule is COc1cc(NC(=O)Cc2csc3nc(-c4ccccc4)cn23)c(Cl)cc1C(=O)O. The number of carbonyl (C=O) groups is 2. The van der Waals surface area contributed by atoms with Crippen LogP contribution in [0.1, 0.15) is 16.1 Å². The predicted molar refractivity (Wildman–Crippen MR) is 116 cm³/mol. The van der Waals surface area contributed by atoms with Crippen LogP contribution < -0.4 is 10.1 Å². The summed E-state index contributed by atoms with van der Waals surface area (Å²) in [7, 11) is 1.35. The zero-order valence-electron chi connectivity index (χ0n) is 15.8. The van der Waals surface area contributed by atoms with Gasteiger partial charge in [-0.3, -0.25) is 9.20 Å². The highest BCUT2D eigenvalue weighted by molar-refractivity contribution is 7.15. The van der Waals surface area contributed by atoms with E-state index >= 15 is 0 Å². The third-order valence-electron chi connectivity index (χ3n) is 4.49. The van der Waals surface area contributed by atoms with Crippen molar-refractivity contribution in [3.05, 3.63) is 70.3 Å². The average Bonchev–Trinajstić information content (AvgIpc) is 3.32. The number of fused-ring (bicyclic) bond motifs is 1. The minimum Gasteiger partial charge on any atom is -0.496 e. The molecule has 2 aromatic heterocycles. The molecule has 0 aliphatic rings. The van der Waals surface area contributed by atoms with Crippen LogP contribution in [-0.2, 0) is 11.2 Å². The summed E-state index contributed by atoms with van der Waals surface area (Å²) in [6.45, 7) is 0. The van der Waals surface area contributed by atoms with Crippen LogP contribution in [0.5, 0.6) is 5.75 Å². The van der Waals surface area contributed by atoms with Gasteiger partial charge in [-0.15, -0.1) is 11.3 Å². The van der Waals surface area contributed by atoms with E-state index in [2.05, 4.69) is 10.3 Å². The maximum Gasteiger partial charge on any atom is 0.339 e. The molecule has 9 heteroatoms. The molecule has 0 aliphatic carbocycles. The second-order valence-corrected chi connectivity index (χ2v) is 7.68. The van der Waals surface area contributed by atoms with Gasteiger partial charge < -0.3 is 15.2 Å². The number of aromatic nitrogens is 2. The molecule has 2 heterocycles. The van der Waals surface area contributed by atoms with E-state index in [-0.39, 0.29) is 34.4 Å². The number of amides is 1. The highest BCUT2D eigenvalue weighted by Crippen LogP contribution is 2.31. The number of nitrogens with zero attached hydrogens (tertiary/aromatic N) is 2. The molecule has 0 saturated carbocycles. The molecule has 152 valence electrons. The highest BCUT2D eigenvalue weighted by atomic mass is 35.5. The average molecular weight is 442 g/mol. The molecule has 0 aliphatic heterocycles. The second-order valence-electron chi connectivity index (χ2n) is 6.43. The van der Waals surface area contributed by atoms with E-state index in [0.717, 1.165) is 21.9 Å². The normalized spacial score (nSPS) is 10.9. The van der Waals surface area contributed by atoms with Gasteiger partial charge >= 0.3 is 5.97 Å². The van der Waals surface area contributed by atoms with Crippen LogP contribution in [0, 0.1) is 0 Å². The van der Waals surface area contributed by atoms with Crippen molar-refractivity contribution < 1.29 is 19.4 Å². The monoisotopic (exact) mass is 441 g/mol. The van der Waals surface area contributed by atoms with E-state index in [1.54, 1.807) is 0 Å². The van der Waals surface area contributed by atoms with Gasteiger partial charge in [0.1, 0.15) is 11.3 Å². The summed E-state index contributed by atoms with van der Waals surface area (Å²) in [6.07, 6.45) is 2.01. The number of anilines is 1. The lowest BCUT2D eigenvalue weighted by Crippen LogP contribution is -2.16. The van der Waals surface area contributed by atoms with Crippen molar-refractivity contribution in [2.45, 2.75) is 6.42 Å². The number of thiazole rings is 1. The Bertz CT molecular complexity index is 1250. The highest BCUT2D eigenvalue weighted by Gasteiger charge is 2.17. The van der Waals surface area contributed by atoms with Crippen molar-refractivity contribution in [3.8, 4) is 17.0 Å². The van der Waals surface area contributed by atoms with Crippen LogP contribution in [0.3, 0.4) is 0 Å². The molecule has 4 aromatic rings. The van der Waals surface area contributed by atoms with Gasteiger partial charge in [-0.25, -0.2) is 9.78 Å². The Labute approximate surface area is 180 Å². The summed E-state index contributed by atoms with van der Waals surface area (Å²) in [5.41, 5.74) is 2.83. The summed E-state index contributed by atoms with van der Waals surface area (Å²) in [4.78, 5) is 29.3. The number of hydrogen-bond acceptors (Lipinski definition) is 5. The van der Waals surface area contributed by atoms with E-state index in [9.17, 15) is 14.7 Å². The summed E-state index contributed by atoms with van der Waals surface area (Å²) >= 11 is 7.60. The van der Waals surface area contributed by atoms with Crippen molar-refractivity contribution in [1.82, 2.24) is 9.38 Å². The molecule has 0 radical (unpaired) electrons. The molecule has 0 fully saturated rings. The molecule has 0 spiro atoms. The molecule has 1 amide bonds. The summed E-state index contributed by atoms with van der Waals surface area (Å²) in [5.74, 6) is -1.35. The van der Waals surface area contributed by atoms with E-state index in [1.165, 1.54) is 30.6 Å². The van der Waals surface area contributed by atoms with Gasteiger partial charge in [-0.2, -0.15) is 0 Å². The van der Waals surface area contributed by atoms with Crippen molar-refractivity contribution in [2.24, 2.45) is 0 Å². The molecule has 0 unspecified atom stereocenters. The minimum absolute atomic E-state index is 0.0769. The Kier molecular flexibility index (Phi) is 5.43. The Balaban J connectivity index is 1.55. The summed E-state index contributed by atoms with van der Waals surface area (Å²) in [5, 5.41) is 13.9. The number of methoxy groups -OCH3 is 1. The first-order chi connectivity index (χ1) is 14.5. The van der Waals surface area contributed by atoms with Crippen LogP contribution >= 0.6 is 22.9 Å². The fourth-order valence-corrected chi connectivity index (χ4v) is 4.13. The van der Waals surface area contributed by atoms with Crippen molar-refractivity contribution in [3.63, 3.8) is 0 Å². The second kappa shape index (κ2) is 8.17. The van der Waals surface area contributed by atoms with Gasteiger partial charge in [0.25, 0.3) is 0 Å². The first-order valence-corrected chi connectivity index (χ1v) is 10.1. The molecule has 0 bridgehead atoms. The zero-order valence-corrected chi connectivity index (χ0v) is 17.3. The number of benzene rings is 2. The number of imidazole rings is 1. The number of carboxylic acids is 1. The Hall–Kier alpha value is -3.36. The van der Waals surface area contributed by atoms with Crippen molar-refractivity contribution in [1.29, 1.82) is 0 Å². The molecule has 2 aromatic carbocycles. The van der Waals surface area contributed by atoms with Crippen LogP contribution in [0.15, 0.2) is 54.0 Å². The van der Waals surface area contributed by atoms with E-state index in [1.807, 2.05) is 46.3 Å². The maximum absolute atomic E-state index is 12.6. The van der Waals surface area contributed by atoms with Gasteiger partial charge in [0.05, 0.1) is 29.9 Å². The van der Waals surface area contributed by atoms with Crippen molar-refractivity contribution >= 4 is 45.5 Å². The number of carbonyl (C=O) groups excluding carboxylic acids is 1. The quantitative estimate of drug-likeness (QED) is 0.456. The van der Waals surface area contributed by atoms with Crippen molar-refractivity contribution in [2.75, 3.05) is 12.4 Å². The Morgan fingerprint density at radius 3 is 2.73 bits per heavy atom. The lowest BCUT2D eigenvalue weighted by atomic mass is 10.1. The van der Waals surface area contributed by atoms with Crippen LogP contribution in [0.4, 0.5) is 5.69 Å². The number of rotatable bonds is 6. The summed E-state index contributed by atoms with van der Waals surface area (Å²) in [6, 6.07) is 12.5. The third-order valence-corrected chi connectivity index (χ3v) is 5.69. The third kappa shape index (κ3) is 3.87. The van der Waals surface area contributed by atoms with Gasteiger partial charge in [0, 0.05) is 28.9 Å². The van der Waals surface area contributed by atoms with Crippen LogP contribution in [0.25, 0.3) is 16.2 Å². The lowest BCUT2D eigenvalue weighted by molar-refractivity contribution is -0.115. The predicted octanol–water partition coefficient (Wildman–Crippen LogP) is 4.60. The van der Waals surface area contributed by atoms with Gasteiger partial charge in [-0.1, -0.05) is 41.9 Å². The van der Waals surface area contributed by atoms with E-state index < -0.39 is 5.97 Å². The molecule has 30 heavy (non-hydrogen) atoms. The first-order valence-electron chi connectivity index (χ1n) is 8.88. The molecule has 0 atom stereocenters. The number of carboxylic acid groups (broad SMARTS) is 1. The lowest BCUT2D eigenvalue weighted by Gasteiger charge is -2.11. The topological polar surface area (TPSA) is 92.9 Å². The maximum atomic E-state index is 12.6. The largest absolute Gasteiger partial charge is 0.496 e. The summed E-state index contributed by atoms with van der Waals surface area (Å²) < 4.78 is 6.98. The zero-order chi connectivity index (χ0) is 21.3. The Morgan fingerprint density at radius 1 is 1.27 bits per heavy atom. The van der Waals surface area contributed by atoms with Gasteiger partial charge in [-0.05, 0) is 6.07 Å². The Morgan fingerprint density at radius 2 is 2.03 bits per heavy atom. The molecular formula is C21H16ClN3O4S. The fourth-order valence-electron chi connectivity index (χ4n) is 3.05. The standard InChI is InChI=1S/C21H16ClN3O4S/c1-29-18-9-16(15(22)8-14(18)20(27)28)23-19(26)7-13-11-30-21-24-17(10-25(13)21)12-5-3-2-4-6-12/h2-6,8-11H,7H2,1H3,(H,23,26)(H,27,28). The van der Waals surface area contributed by atoms with E-state index in [4.69, 9.17) is 16.3 Å². The van der Waals surface area contributed by atoms with Gasteiger partial charge in [0.15, 0.2) is 4.96 Å². The number of hydrogen-bond donors (Lipinski definition) is 2. The molecular weight excluding hydrogens is 426 g/mol. The number of halogens is 1. The van der Waals surface area contributed by atoms with E-state index in [0.29, 0.717) is 0 Å². The smallest absolute Gasteiger partial charge is 0.339 e. The molecule has 7 nitrogen and oxygen atoms in total. The number of ether oxygens (including phenoxy) is 1. The molecule has 4 rings (SSSR count). The molecule has 0 saturated heterocycles. The molecule has 2 N–H and O–H groups in total. The minimum atomic E-state index is -1.17. The number of aromatic carboxylic acids is 1. The van der Waals surface area contributed by atoms with Crippen LogP contribution in [-0.4, -0.2) is 33.5 Å². The fraction of sp³-hybridized carbons (Fsp3) is 0.0952. The first kappa shape index (κ1) is 19.9. The number of nitrogens with one attached hydrogen (secondary N) is 1.